The first-order chi connectivity index (χ1) is 17.8. The topological polar surface area (TPSA) is 107 Å². The van der Waals surface area contributed by atoms with Gasteiger partial charge in [-0.05, 0) is 12.8 Å². The van der Waals surface area contributed by atoms with E-state index in [0.717, 1.165) is 12.8 Å². The fourth-order valence-corrected chi connectivity index (χ4v) is 4.49. The zero-order valence-electron chi connectivity index (χ0n) is 26.4. The summed E-state index contributed by atoms with van der Waals surface area (Å²) >= 11 is 0. The molecule has 0 atom stereocenters. The second-order valence-electron chi connectivity index (χ2n) is 10.5. The van der Waals surface area contributed by atoms with Gasteiger partial charge >= 0.3 is 65.1 Å². The minimum absolute atomic E-state index is 0. The van der Waals surface area contributed by atoms with Crippen molar-refractivity contribution in [3.8, 4) is 0 Å². The van der Waals surface area contributed by atoms with Crippen molar-refractivity contribution in [2.24, 2.45) is 0 Å². The summed E-state index contributed by atoms with van der Waals surface area (Å²) in [4.78, 5) is 11.8. The van der Waals surface area contributed by atoms with Gasteiger partial charge in [0.1, 0.15) is 0 Å². The first kappa shape index (κ1) is 47.3. The van der Waals surface area contributed by atoms with E-state index in [4.69, 9.17) is 22.3 Å². The maximum absolute atomic E-state index is 11.8. The van der Waals surface area contributed by atoms with Crippen LogP contribution in [0, 0.1) is 0 Å². The molecule has 6 nitrogen and oxygen atoms in total. The molecule has 0 spiro atoms. The first-order valence-corrected chi connectivity index (χ1v) is 17.0. The molecule has 0 fully saturated rings. The quantitative estimate of drug-likeness (QED) is 0.0475. The van der Waals surface area contributed by atoms with E-state index < -0.39 is 10.4 Å². The van der Waals surface area contributed by atoms with Crippen LogP contribution < -0.4 is 59.1 Å². The third-order valence-corrected chi connectivity index (χ3v) is 6.75. The fourth-order valence-electron chi connectivity index (χ4n) is 4.49. The van der Waals surface area contributed by atoms with Gasteiger partial charge in [-0.25, -0.2) is 0 Å². The van der Waals surface area contributed by atoms with Crippen molar-refractivity contribution in [3.05, 3.63) is 0 Å². The standard InChI is InChI=1S/C30H60O2.2Na.H2O4S/c1-3-5-7-9-11-13-15-16-17-18-19-20-22-24-26-28-30(31)32-29-27-25-23-21-14-12-10-8-6-4-2;;;1-5(2,3)4/h3-29H2,1-2H3;;;(H2,1,2,3,4)/q;2*+1;/p-2. The number of ether oxygens (including phenoxy) is 1. The van der Waals surface area contributed by atoms with Crippen LogP contribution in [0.5, 0.6) is 0 Å². The molecule has 0 heterocycles. The van der Waals surface area contributed by atoms with E-state index in [-0.39, 0.29) is 65.1 Å². The molecule has 39 heavy (non-hydrogen) atoms. The first-order valence-electron chi connectivity index (χ1n) is 15.6. The van der Waals surface area contributed by atoms with E-state index in [1.165, 1.54) is 148 Å². The Hall–Kier alpha value is 1.34. The summed E-state index contributed by atoms with van der Waals surface area (Å²) in [6.07, 6.45) is 34.2. The predicted octanol–water partition coefficient (Wildman–Crippen LogP) is 3.38. The molecule has 0 rings (SSSR count). The molecule has 0 radical (unpaired) electrons. The van der Waals surface area contributed by atoms with E-state index in [9.17, 15) is 4.79 Å². The maximum Gasteiger partial charge on any atom is 1.00 e. The van der Waals surface area contributed by atoms with Crippen molar-refractivity contribution in [1.29, 1.82) is 0 Å². The molecular weight excluding hydrogens is 534 g/mol. The van der Waals surface area contributed by atoms with E-state index in [1.54, 1.807) is 0 Å². The second-order valence-corrected chi connectivity index (χ2v) is 11.3. The monoisotopic (exact) mass is 594 g/mol. The molecule has 9 heteroatoms. The number of hydrogen-bond donors (Lipinski definition) is 0. The van der Waals surface area contributed by atoms with Gasteiger partial charge in [-0.1, -0.05) is 162 Å². The molecule has 0 aliphatic carbocycles. The van der Waals surface area contributed by atoms with E-state index >= 15 is 0 Å². The molecule has 0 saturated carbocycles. The maximum atomic E-state index is 11.8. The molecular formula is C30H60Na2O6S. The third-order valence-electron chi connectivity index (χ3n) is 6.75. The van der Waals surface area contributed by atoms with Gasteiger partial charge in [-0.3, -0.25) is 13.2 Å². The Morgan fingerprint density at radius 1 is 0.487 bits per heavy atom. The largest absolute Gasteiger partial charge is 1.00 e. The van der Waals surface area contributed by atoms with Crippen LogP contribution in [0.4, 0.5) is 0 Å². The Kier molecular flexibility index (Phi) is 47.7. The fraction of sp³-hybridized carbons (Fsp3) is 0.967. The number of carbonyl (C=O) groups excluding carboxylic acids is 1. The SMILES string of the molecule is CCCCCCCCCCCCCCCCCC(=O)OCCCCCCCCCCCC.O=S(=O)([O-])[O-].[Na+].[Na+]. The summed E-state index contributed by atoms with van der Waals surface area (Å²) in [5.41, 5.74) is 0. The third kappa shape index (κ3) is 55.8. The molecule has 0 aliphatic rings. The molecule has 224 valence electrons. The molecule has 0 aromatic carbocycles. The Morgan fingerprint density at radius 2 is 0.718 bits per heavy atom. The van der Waals surface area contributed by atoms with Crippen molar-refractivity contribution in [1.82, 2.24) is 0 Å². The number of unbranched alkanes of at least 4 members (excludes halogenated alkanes) is 23. The summed E-state index contributed by atoms with van der Waals surface area (Å²) in [5.74, 6) is 0.0237. The normalized spacial score (nSPS) is 10.7. The smallest absolute Gasteiger partial charge is 0.759 e. The van der Waals surface area contributed by atoms with E-state index in [1.807, 2.05) is 0 Å². The van der Waals surface area contributed by atoms with Gasteiger partial charge in [0, 0.05) is 16.8 Å². The average molecular weight is 595 g/mol. The van der Waals surface area contributed by atoms with Gasteiger partial charge < -0.3 is 13.8 Å². The van der Waals surface area contributed by atoms with Gasteiger partial charge in [-0.15, -0.1) is 0 Å². The van der Waals surface area contributed by atoms with Crippen molar-refractivity contribution in [2.75, 3.05) is 6.61 Å². The zero-order valence-corrected chi connectivity index (χ0v) is 31.3. The second kappa shape index (κ2) is 39.3. The molecule has 0 aliphatic heterocycles. The van der Waals surface area contributed by atoms with Crippen LogP contribution in [0.2, 0.25) is 0 Å². The Balaban J connectivity index is -0.000000796. The molecule has 0 bridgehead atoms. The summed E-state index contributed by atoms with van der Waals surface area (Å²) in [5, 5.41) is 0. The zero-order chi connectivity index (χ0) is 27.9. The molecule has 0 saturated heterocycles. The summed E-state index contributed by atoms with van der Waals surface area (Å²) in [6.45, 7) is 5.19. The number of carbonyl (C=O) groups is 1. The Morgan fingerprint density at radius 3 is 1.00 bits per heavy atom. The Labute approximate surface area is 287 Å². The minimum atomic E-state index is -5.17. The van der Waals surface area contributed by atoms with Crippen LogP contribution in [0.15, 0.2) is 0 Å². The van der Waals surface area contributed by atoms with Crippen molar-refractivity contribution >= 4 is 16.4 Å². The predicted molar refractivity (Wildman–Crippen MR) is 153 cm³/mol. The van der Waals surface area contributed by atoms with Crippen LogP contribution in [0.25, 0.3) is 0 Å². The van der Waals surface area contributed by atoms with Crippen LogP contribution in [-0.4, -0.2) is 30.1 Å². The van der Waals surface area contributed by atoms with Gasteiger partial charge in [0.25, 0.3) is 0 Å². The van der Waals surface area contributed by atoms with Gasteiger partial charge in [0.2, 0.25) is 0 Å². The number of hydrogen-bond acceptors (Lipinski definition) is 6. The van der Waals surface area contributed by atoms with Crippen molar-refractivity contribution in [2.45, 2.75) is 181 Å². The van der Waals surface area contributed by atoms with E-state index in [2.05, 4.69) is 13.8 Å². The van der Waals surface area contributed by atoms with Gasteiger partial charge in [0.05, 0.1) is 6.61 Å². The summed E-state index contributed by atoms with van der Waals surface area (Å²) in [6, 6.07) is 0. The van der Waals surface area contributed by atoms with Gasteiger partial charge in [0.15, 0.2) is 0 Å². The molecule has 0 amide bonds. The van der Waals surface area contributed by atoms with Crippen LogP contribution in [0.1, 0.15) is 181 Å². The van der Waals surface area contributed by atoms with Crippen LogP contribution in [-0.2, 0) is 19.9 Å². The Bertz CT molecular complexity index is 554. The van der Waals surface area contributed by atoms with Crippen molar-refractivity contribution < 1.29 is 86.2 Å². The molecule has 0 unspecified atom stereocenters. The van der Waals surface area contributed by atoms with E-state index in [0.29, 0.717) is 13.0 Å². The average Bonchev–Trinajstić information content (AvgIpc) is 2.84. The number of rotatable bonds is 27. The number of esters is 1. The van der Waals surface area contributed by atoms with Gasteiger partial charge in [-0.2, -0.15) is 0 Å². The van der Waals surface area contributed by atoms with Crippen LogP contribution >= 0.6 is 0 Å². The molecule has 0 aromatic rings. The summed E-state index contributed by atoms with van der Waals surface area (Å²) in [7, 11) is -5.17. The molecule has 0 N–H and O–H groups in total. The van der Waals surface area contributed by atoms with Crippen LogP contribution in [0.3, 0.4) is 0 Å². The minimum Gasteiger partial charge on any atom is -0.759 e. The molecule has 0 aromatic heterocycles. The summed E-state index contributed by atoms with van der Waals surface area (Å²) < 4.78 is 39.5. The van der Waals surface area contributed by atoms with Crippen molar-refractivity contribution in [3.63, 3.8) is 0 Å².